The van der Waals surface area contributed by atoms with Gasteiger partial charge in [-0.2, -0.15) is 5.26 Å². The predicted octanol–water partition coefficient (Wildman–Crippen LogP) is 6.21. The lowest BCUT2D eigenvalue weighted by molar-refractivity contribution is 0.303. The average Bonchev–Trinajstić information content (AvgIpc) is 2.66. The zero-order chi connectivity index (χ0) is 19.2. The van der Waals surface area contributed by atoms with Crippen LogP contribution in [0.2, 0.25) is 0 Å². The van der Waals surface area contributed by atoms with Crippen LogP contribution in [0.3, 0.4) is 0 Å². The van der Waals surface area contributed by atoms with Crippen molar-refractivity contribution in [1.82, 2.24) is 0 Å². The van der Waals surface area contributed by atoms with Gasteiger partial charge in [-0.1, -0.05) is 36.4 Å². The third-order valence-electron chi connectivity index (χ3n) is 3.83. The maximum Gasteiger partial charge on any atom is 0.133 e. The molecule has 0 saturated heterocycles. The number of allylic oxidation sites excluding steroid dienone is 1. The fourth-order valence-corrected chi connectivity index (χ4v) is 3.22. The van der Waals surface area contributed by atoms with Gasteiger partial charge in [0, 0.05) is 5.56 Å². The Morgan fingerprint density at radius 3 is 2.56 bits per heavy atom. The molecule has 0 unspecified atom stereocenters. The van der Waals surface area contributed by atoms with Gasteiger partial charge in [0.15, 0.2) is 0 Å². The quantitative estimate of drug-likeness (QED) is 0.251. The second kappa shape index (κ2) is 8.78. The van der Waals surface area contributed by atoms with Crippen molar-refractivity contribution < 1.29 is 13.5 Å². The van der Waals surface area contributed by atoms with Crippen LogP contribution in [0.15, 0.2) is 66.7 Å². The van der Waals surface area contributed by atoms with E-state index in [0.29, 0.717) is 5.75 Å². The number of ether oxygens (including phenoxy) is 1. The molecular formula is C22H14F2INO. The molecule has 0 amide bonds. The first kappa shape index (κ1) is 19.1. The topological polar surface area (TPSA) is 33.0 Å². The Bertz CT molecular complexity index is 1040. The van der Waals surface area contributed by atoms with E-state index in [4.69, 9.17) is 4.74 Å². The molecule has 0 atom stereocenters. The van der Waals surface area contributed by atoms with E-state index in [0.717, 1.165) is 14.7 Å². The van der Waals surface area contributed by atoms with E-state index in [1.54, 1.807) is 48.5 Å². The molecule has 0 fully saturated rings. The molecular weight excluding hydrogens is 459 g/mol. The Morgan fingerprint density at radius 1 is 1.04 bits per heavy atom. The molecule has 0 N–H and O–H groups in total. The number of halogens is 3. The monoisotopic (exact) mass is 473 g/mol. The maximum absolute atomic E-state index is 13.9. The molecule has 2 nitrogen and oxygen atoms in total. The lowest BCUT2D eigenvalue weighted by atomic mass is 10.0. The van der Waals surface area contributed by atoms with Gasteiger partial charge in [0.25, 0.3) is 0 Å². The van der Waals surface area contributed by atoms with Crippen LogP contribution in [0.4, 0.5) is 8.78 Å². The number of hydrogen-bond acceptors (Lipinski definition) is 2. The fraction of sp³-hybridized carbons (Fsp3) is 0.0455. The van der Waals surface area contributed by atoms with E-state index in [2.05, 4.69) is 22.6 Å². The molecule has 0 radical (unpaired) electrons. The molecule has 3 rings (SSSR count). The molecule has 0 aliphatic heterocycles. The lowest BCUT2D eigenvalue weighted by Crippen LogP contribution is -1.97. The second-order valence-electron chi connectivity index (χ2n) is 5.76. The van der Waals surface area contributed by atoms with Gasteiger partial charge in [0.05, 0.1) is 15.2 Å². The minimum Gasteiger partial charge on any atom is -0.488 e. The predicted molar refractivity (Wildman–Crippen MR) is 110 cm³/mol. The minimum absolute atomic E-state index is 0.248. The third kappa shape index (κ3) is 4.92. The summed E-state index contributed by atoms with van der Waals surface area (Å²) in [7, 11) is 0. The van der Waals surface area contributed by atoms with E-state index < -0.39 is 5.82 Å². The van der Waals surface area contributed by atoms with Gasteiger partial charge in [-0.05, 0) is 70.1 Å². The van der Waals surface area contributed by atoms with Crippen molar-refractivity contribution in [2.45, 2.75) is 6.61 Å². The Balaban J connectivity index is 1.80. The van der Waals surface area contributed by atoms with E-state index >= 15 is 0 Å². The zero-order valence-electron chi connectivity index (χ0n) is 14.1. The van der Waals surface area contributed by atoms with Crippen molar-refractivity contribution in [3.63, 3.8) is 0 Å². The van der Waals surface area contributed by atoms with Gasteiger partial charge < -0.3 is 4.74 Å². The molecule has 134 valence electrons. The minimum atomic E-state index is -0.435. The van der Waals surface area contributed by atoms with Crippen LogP contribution in [0, 0.1) is 26.5 Å². The molecule has 0 aliphatic rings. The zero-order valence-corrected chi connectivity index (χ0v) is 16.3. The standard InChI is InChI=1S/C22H14F2INO/c23-18-5-3-4-16(11-18)14-27-22-9-8-15(12-21(22)25)10-17(13-26)19-6-1-2-7-20(19)24/h1-12H,14H2/b17-10-. The molecule has 0 saturated carbocycles. The summed E-state index contributed by atoms with van der Waals surface area (Å²) in [4.78, 5) is 0. The summed E-state index contributed by atoms with van der Waals surface area (Å²) in [5.41, 5.74) is 2.01. The van der Waals surface area contributed by atoms with Crippen LogP contribution in [-0.2, 0) is 6.61 Å². The Morgan fingerprint density at radius 2 is 1.85 bits per heavy atom. The van der Waals surface area contributed by atoms with Crippen LogP contribution >= 0.6 is 22.6 Å². The van der Waals surface area contributed by atoms with Crippen LogP contribution in [0.5, 0.6) is 5.75 Å². The van der Waals surface area contributed by atoms with Crippen molar-refractivity contribution in [3.8, 4) is 11.8 Å². The van der Waals surface area contributed by atoms with E-state index in [-0.39, 0.29) is 23.6 Å². The summed E-state index contributed by atoms with van der Waals surface area (Å²) in [6.45, 7) is 0.252. The first-order valence-corrected chi connectivity index (χ1v) is 9.18. The molecule has 3 aromatic rings. The summed E-state index contributed by atoms with van der Waals surface area (Å²) in [6.07, 6.45) is 1.64. The SMILES string of the molecule is N#C/C(=C/c1ccc(OCc2cccc(F)c2)c(I)c1)c1ccccc1F. The second-order valence-corrected chi connectivity index (χ2v) is 6.92. The van der Waals surface area contributed by atoms with E-state index in [1.807, 2.05) is 12.1 Å². The molecule has 3 aromatic carbocycles. The smallest absolute Gasteiger partial charge is 0.133 e. The van der Waals surface area contributed by atoms with Gasteiger partial charge in [-0.15, -0.1) is 0 Å². The van der Waals surface area contributed by atoms with Gasteiger partial charge in [-0.25, -0.2) is 8.78 Å². The van der Waals surface area contributed by atoms with Crippen LogP contribution < -0.4 is 4.74 Å². The number of rotatable bonds is 5. The summed E-state index contributed by atoms with van der Waals surface area (Å²) in [5, 5.41) is 9.38. The van der Waals surface area contributed by atoms with E-state index in [1.165, 1.54) is 18.2 Å². The van der Waals surface area contributed by atoms with E-state index in [9.17, 15) is 14.0 Å². The molecule has 0 spiro atoms. The first-order chi connectivity index (χ1) is 13.1. The van der Waals surface area contributed by atoms with Crippen LogP contribution in [0.25, 0.3) is 11.6 Å². The largest absolute Gasteiger partial charge is 0.488 e. The Kier molecular flexibility index (Phi) is 6.20. The summed E-state index contributed by atoms with van der Waals surface area (Å²) >= 11 is 2.13. The van der Waals surface area contributed by atoms with Crippen molar-refractivity contribution in [3.05, 3.63) is 98.6 Å². The van der Waals surface area contributed by atoms with Crippen molar-refractivity contribution >= 4 is 34.2 Å². The number of nitrogens with zero attached hydrogens (tertiary/aromatic N) is 1. The highest BCUT2D eigenvalue weighted by Gasteiger charge is 2.08. The highest BCUT2D eigenvalue weighted by Crippen LogP contribution is 2.26. The lowest BCUT2D eigenvalue weighted by Gasteiger charge is -2.09. The van der Waals surface area contributed by atoms with Gasteiger partial charge in [0.2, 0.25) is 0 Å². The molecule has 27 heavy (non-hydrogen) atoms. The first-order valence-electron chi connectivity index (χ1n) is 8.10. The van der Waals surface area contributed by atoms with Crippen LogP contribution in [-0.4, -0.2) is 0 Å². The average molecular weight is 473 g/mol. The third-order valence-corrected chi connectivity index (χ3v) is 4.68. The number of nitriles is 1. The molecule has 0 heterocycles. The van der Waals surface area contributed by atoms with Crippen LogP contribution in [0.1, 0.15) is 16.7 Å². The molecule has 0 bridgehead atoms. The number of benzene rings is 3. The molecule has 0 aromatic heterocycles. The van der Waals surface area contributed by atoms with Crippen molar-refractivity contribution in [2.24, 2.45) is 0 Å². The summed E-state index contributed by atoms with van der Waals surface area (Å²) in [5.74, 6) is -0.0834. The van der Waals surface area contributed by atoms with Crippen molar-refractivity contribution in [2.75, 3.05) is 0 Å². The van der Waals surface area contributed by atoms with Crippen molar-refractivity contribution in [1.29, 1.82) is 5.26 Å². The summed E-state index contributed by atoms with van der Waals surface area (Å²) in [6, 6.07) is 19.9. The van der Waals surface area contributed by atoms with Gasteiger partial charge in [-0.3, -0.25) is 0 Å². The van der Waals surface area contributed by atoms with Gasteiger partial charge >= 0.3 is 0 Å². The maximum atomic E-state index is 13.9. The van der Waals surface area contributed by atoms with Gasteiger partial charge in [0.1, 0.15) is 24.0 Å². The summed E-state index contributed by atoms with van der Waals surface area (Å²) < 4.78 is 33.7. The Labute approximate surface area is 169 Å². The fourth-order valence-electron chi connectivity index (χ4n) is 2.53. The highest BCUT2D eigenvalue weighted by atomic mass is 127. The number of hydrogen-bond donors (Lipinski definition) is 0. The highest BCUT2D eigenvalue weighted by molar-refractivity contribution is 14.1. The molecule has 0 aliphatic carbocycles. The molecule has 5 heteroatoms. The normalized spacial score (nSPS) is 11.1. The Hall–Kier alpha value is -2.72.